The second-order valence-corrected chi connectivity index (χ2v) is 2.77. The average molecular weight is 202 g/mol. The fourth-order valence-corrected chi connectivity index (χ4v) is 1.07. The van der Waals surface area contributed by atoms with Crippen LogP contribution in [0.2, 0.25) is 0 Å². The van der Waals surface area contributed by atoms with Crippen molar-refractivity contribution in [2.75, 3.05) is 27.4 Å². The maximum atomic E-state index is 5.49. The first-order chi connectivity index (χ1) is 6.88. The van der Waals surface area contributed by atoms with Gasteiger partial charge in [-0.2, -0.15) is 12.1 Å². The van der Waals surface area contributed by atoms with Gasteiger partial charge in [-0.05, 0) is 0 Å². The van der Waals surface area contributed by atoms with Crippen molar-refractivity contribution < 1.29 is 33.1 Å². The van der Waals surface area contributed by atoms with Crippen molar-refractivity contribution in [3.05, 3.63) is 24.3 Å². The van der Waals surface area contributed by atoms with E-state index in [1.807, 2.05) is 6.07 Å². The summed E-state index contributed by atoms with van der Waals surface area (Å²) in [6.07, 6.45) is 0.870. The van der Waals surface area contributed by atoms with E-state index >= 15 is 0 Å². The number of rotatable bonds is 6. The van der Waals surface area contributed by atoms with Crippen LogP contribution in [-0.2, 0) is 4.74 Å². The third-order valence-electron chi connectivity index (χ3n) is 1.76. The van der Waals surface area contributed by atoms with E-state index < -0.39 is 0 Å². The van der Waals surface area contributed by atoms with Crippen molar-refractivity contribution in [2.45, 2.75) is 6.42 Å². The molecule has 0 heterocycles. The Morgan fingerprint density at radius 2 is 2.00 bits per heavy atom. The molecule has 0 unspecified atom stereocenters. The van der Waals surface area contributed by atoms with Crippen molar-refractivity contribution in [2.24, 2.45) is 0 Å². The Kier molecular flexibility index (Phi) is 8.31. The summed E-state index contributed by atoms with van der Waals surface area (Å²) in [7, 11) is 3.30. The van der Waals surface area contributed by atoms with Gasteiger partial charge in [0.2, 0.25) is 0 Å². The summed E-state index contributed by atoms with van der Waals surface area (Å²) >= 11 is 0. The van der Waals surface area contributed by atoms with Crippen molar-refractivity contribution in [1.29, 1.82) is 0 Å². The van der Waals surface area contributed by atoms with Crippen LogP contribution in [0, 0.1) is 6.07 Å². The van der Waals surface area contributed by atoms with Crippen LogP contribution in [0.5, 0.6) is 11.5 Å². The second kappa shape index (κ2) is 8.67. The summed E-state index contributed by atoms with van der Waals surface area (Å²) in [6, 6.07) is 8.33. The van der Waals surface area contributed by atoms with Crippen LogP contribution in [0.4, 0.5) is 0 Å². The maximum absolute atomic E-state index is 5.49. The van der Waals surface area contributed by atoms with Crippen LogP contribution in [0.25, 0.3) is 0 Å². The molecule has 0 saturated heterocycles. The third-order valence-corrected chi connectivity index (χ3v) is 1.76. The molecule has 0 bridgehead atoms. The van der Waals surface area contributed by atoms with Crippen molar-refractivity contribution in [3.63, 3.8) is 0 Å². The van der Waals surface area contributed by atoms with Gasteiger partial charge in [-0.15, -0.1) is 12.1 Å². The molecule has 0 saturated carbocycles. The van der Waals surface area contributed by atoms with E-state index in [-0.39, 0.29) is 18.9 Å². The van der Waals surface area contributed by atoms with Crippen LogP contribution in [0.15, 0.2) is 18.2 Å². The third kappa shape index (κ3) is 5.13. The largest absolute Gasteiger partial charge is 1.00 e. The van der Waals surface area contributed by atoms with Gasteiger partial charge in [0, 0.05) is 25.9 Å². The van der Waals surface area contributed by atoms with Gasteiger partial charge in [-0.1, -0.05) is 0 Å². The maximum Gasteiger partial charge on any atom is 1.00 e. The zero-order chi connectivity index (χ0) is 10.2. The minimum atomic E-state index is 0. The molecule has 0 aliphatic heterocycles. The molecule has 3 nitrogen and oxygen atoms in total. The quantitative estimate of drug-likeness (QED) is 0.333. The normalized spacial score (nSPS) is 9.20. The monoisotopic (exact) mass is 202 g/mol. The van der Waals surface area contributed by atoms with E-state index in [4.69, 9.17) is 14.2 Å². The van der Waals surface area contributed by atoms with Crippen molar-refractivity contribution in [3.8, 4) is 11.5 Å². The van der Waals surface area contributed by atoms with Crippen LogP contribution >= 0.6 is 0 Å². The molecular formula is C11H15LiO3. The summed E-state index contributed by atoms with van der Waals surface area (Å²) in [5, 5.41) is 0. The first kappa shape index (κ1) is 14.4. The standard InChI is InChI=1S/C11H15O3.Li/c1-12-8-5-9-14-11-7-4-3-6-10(11)13-2;/h3,6-7H,5,8-9H2,1-2H3;/q-1;+1. The Bertz CT molecular complexity index is 266. The van der Waals surface area contributed by atoms with Crippen LogP contribution in [0.1, 0.15) is 6.42 Å². The number of methoxy groups -OCH3 is 2. The van der Waals surface area contributed by atoms with Gasteiger partial charge in [0.15, 0.2) is 0 Å². The minimum absolute atomic E-state index is 0. The molecule has 78 valence electrons. The Hall–Kier alpha value is -0.623. The number of benzene rings is 1. The fraction of sp³-hybridized carbons (Fsp3) is 0.455. The molecule has 0 atom stereocenters. The molecule has 0 spiro atoms. The average Bonchev–Trinajstić information content (AvgIpc) is 2.25. The zero-order valence-electron chi connectivity index (χ0n) is 9.58. The molecule has 0 aliphatic rings. The van der Waals surface area contributed by atoms with Gasteiger partial charge >= 0.3 is 18.9 Å². The van der Waals surface area contributed by atoms with Gasteiger partial charge in [0.25, 0.3) is 0 Å². The fourth-order valence-electron chi connectivity index (χ4n) is 1.07. The Balaban J connectivity index is 0.00000196. The van der Waals surface area contributed by atoms with Gasteiger partial charge in [-0.3, -0.25) is 0 Å². The van der Waals surface area contributed by atoms with Gasteiger partial charge in [-0.25, -0.2) is 0 Å². The smallest absolute Gasteiger partial charge is 0.547 e. The summed E-state index contributed by atoms with van der Waals surface area (Å²) in [5.74, 6) is 1.47. The minimum Gasteiger partial charge on any atom is -0.547 e. The topological polar surface area (TPSA) is 27.7 Å². The molecule has 0 radical (unpaired) electrons. The Morgan fingerprint density at radius 1 is 1.20 bits per heavy atom. The van der Waals surface area contributed by atoms with E-state index in [2.05, 4.69) is 6.07 Å². The summed E-state index contributed by atoms with van der Waals surface area (Å²) in [6.45, 7) is 1.33. The molecular weight excluding hydrogens is 187 g/mol. The molecule has 0 aliphatic carbocycles. The molecule has 1 aromatic carbocycles. The molecule has 0 fully saturated rings. The number of hydrogen-bond acceptors (Lipinski definition) is 3. The SMILES string of the molecule is COCCCOc1c[c-]ccc1OC.[Li+]. The van der Waals surface area contributed by atoms with Gasteiger partial charge in [0.1, 0.15) is 0 Å². The van der Waals surface area contributed by atoms with Crippen LogP contribution < -0.4 is 28.3 Å². The first-order valence-electron chi connectivity index (χ1n) is 4.54. The predicted octanol–water partition coefficient (Wildman–Crippen LogP) is -1.09. The van der Waals surface area contributed by atoms with E-state index in [9.17, 15) is 0 Å². The second-order valence-electron chi connectivity index (χ2n) is 2.77. The zero-order valence-corrected chi connectivity index (χ0v) is 9.58. The molecule has 1 rings (SSSR count). The van der Waals surface area contributed by atoms with Crippen LogP contribution in [0.3, 0.4) is 0 Å². The molecule has 1 aromatic rings. The number of hydrogen-bond donors (Lipinski definition) is 0. The Labute approximate surface area is 103 Å². The molecule has 0 amide bonds. The van der Waals surface area contributed by atoms with E-state index in [0.29, 0.717) is 13.2 Å². The van der Waals surface area contributed by atoms with E-state index in [1.54, 1.807) is 26.4 Å². The summed E-state index contributed by atoms with van der Waals surface area (Å²) < 4.78 is 15.5. The van der Waals surface area contributed by atoms with Gasteiger partial charge < -0.3 is 14.2 Å². The molecule has 0 aromatic heterocycles. The summed E-state index contributed by atoms with van der Waals surface area (Å²) in [4.78, 5) is 0. The Morgan fingerprint density at radius 3 is 2.67 bits per heavy atom. The summed E-state index contributed by atoms with van der Waals surface area (Å²) in [5.41, 5.74) is 0. The van der Waals surface area contributed by atoms with E-state index in [0.717, 1.165) is 17.9 Å². The van der Waals surface area contributed by atoms with E-state index in [1.165, 1.54) is 0 Å². The molecule has 4 heteroatoms. The first-order valence-corrected chi connectivity index (χ1v) is 4.54. The molecule has 15 heavy (non-hydrogen) atoms. The molecule has 0 N–H and O–H groups in total. The van der Waals surface area contributed by atoms with Crippen molar-refractivity contribution >= 4 is 0 Å². The van der Waals surface area contributed by atoms with Gasteiger partial charge in [0.05, 0.1) is 19.5 Å². The predicted molar refractivity (Wildman–Crippen MR) is 53.8 cm³/mol. The van der Waals surface area contributed by atoms with Crippen molar-refractivity contribution in [1.82, 2.24) is 0 Å². The van der Waals surface area contributed by atoms with Crippen LogP contribution in [-0.4, -0.2) is 27.4 Å². The number of ether oxygens (including phenoxy) is 3.